The van der Waals surface area contributed by atoms with Crippen LogP contribution in [-0.4, -0.2) is 38.3 Å². The lowest BCUT2D eigenvalue weighted by molar-refractivity contribution is 0.0961. The van der Waals surface area contributed by atoms with E-state index in [0.29, 0.717) is 52.4 Å². The molecule has 8 nitrogen and oxygen atoms in total. The highest BCUT2D eigenvalue weighted by molar-refractivity contribution is 7.22. The summed E-state index contributed by atoms with van der Waals surface area (Å²) in [5.74, 6) is 2.20. The summed E-state index contributed by atoms with van der Waals surface area (Å²) >= 11 is 1.35. The predicted octanol–water partition coefficient (Wildman–Crippen LogP) is 2.84. The summed E-state index contributed by atoms with van der Waals surface area (Å²) in [7, 11) is 3.18. The Morgan fingerprint density at radius 1 is 1.07 bits per heavy atom. The fourth-order valence-corrected chi connectivity index (χ4v) is 3.63. The van der Waals surface area contributed by atoms with Crippen molar-refractivity contribution in [2.24, 2.45) is 0 Å². The number of hydrogen-bond donors (Lipinski definition) is 2. The Labute approximate surface area is 159 Å². The molecule has 2 N–H and O–H groups in total. The van der Waals surface area contributed by atoms with E-state index in [-0.39, 0.29) is 5.91 Å². The zero-order valence-electron chi connectivity index (χ0n) is 14.7. The molecule has 0 saturated carbocycles. The molecule has 27 heavy (non-hydrogen) atoms. The van der Waals surface area contributed by atoms with Crippen LogP contribution in [0.4, 0.5) is 5.13 Å². The highest BCUT2D eigenvalue weighted by Gasteiger charge is 2.16. The molecule has 2 heterocycles. The number of fused-ring (bicyclic) bond motifs is 2. The van der Waals surface area contributed by atoms with Crippen LogP contribution >= 0.6 is 11.3 Å². The van der Waals surface area contributed by atoms with Crippen LogP contribution in [0.15, 0.2) is 30.3 Å². The summed E-state index contributed by atoms with van der Waals surface area (Å²) in [5, 5.41) is 0.513. The summed E-state index contributed by atoms with van der Waals surface area (Å²) < 4.78 is 22.5. The number of anilines is 1. The Hall–Kier alpha value is -3.20. The number of hydrogen-bond acceptors (Lipinski definition) is 8. The molecule has 2 aromatic carbocycles. The quantitative estimate of drug-likeness (QED) is 0.651. The van der Waals surface area contributed by atoms with Gasteiger partial charge < -0.3 is 18.9 Å². The number of nitrogens with zero attached hydrogens (tertiary/aromatic N) is 1. The largest absolute Gasteiger partial charge is 0.495 e. The van der Waals surface area contributed by atoms with E-state index in [1.807, 2.05) is 6.07 Å². The summed E-state index contributed by atoms with van der Waals surface area (Å²) in [6.07, 6.45) is 0. The minimum absolute atomic E-state index is 0.315. The van der Waals surface area contributed by atoms with Crippen molar-refractivity contribution in [1.29, 1.82) is 0 Å². The van der Waals surface area contributed by atoms with E-state index in [0.717, 1.165) is 4.70 Å². The van der Waals surface area contributed by atoms with Gasteiger partial charge in [0.25, 0.3) is 5.91 Å². The molecule has 0 fully saturated rings. The molecule has 3 aromatic rings. The second-order valence-electron chi connectivity index (χ2n) is 5.60. The normalized spacial score (nSPS) is 12.5. The number of carbonyl (C=O) groups excluding carboxylic acids is 1. The summed E-state index contributed by atoms with van der Waals surface area (Å²) in [6.45, 7) is 0.969. The standard InChI is InChI=1S/C18H17N3O5S/c1-23-12-5-6-13(24-2)16-15(12)19-18(27-16)21-20-17(22)10-3-4-11-14(9-10)26-8-7-25-11/h3-6,9H,7-8H2,1-2H3,(H,19,21)(H,20,22). The molecule has 0 bridgehead atoms. The number of thiazole rings is 1. The molecule has 1 aromatic heterocycles. The lowest BCUT2D eigenvalue weighted by Gasteiger charge is -2.18. The predicted molar refractivity (Wildman–Crippen MR) is 101 cm³/mol. The van der Waals surface area contributed by atoms with Gasteiger partial charge in [0.1, 0.15) is 34.9 Å². The Morgan fingerprint density at radius 3 is 2.59 bits per heavy atom. The lowest BCUT2D eigenvalue weighted by atomic mass is 10.2. The number of methoxy groups -OCH3 is 2. The number of rotatable bonds is 5. The SMILES string of the molecule is COc1ccc(OC)c2sc(NNC(=O)c3ccc4c(c3)OCCO4)nc12. The first-order chi connectivity index (χ1) is 13.2. The number of benzene rings is 2. The van der Waals surface area contributed by atoms with Crippen molar-refractivity contribution in [3.63, 3.8) is 0 Å². The first kappa shape index (κ1) is 17.2. The molecular weight excluding hydrogens is 370 g/mol. The van der Waals surface area contributed by atoms with Crippen molar-refractivity contribution in [3.05, 3.63) is 35.9 Å². The Balaban J connectivity index is 1.52. The average Bonchev–Trinajstić information content (AvgIpc) is 3.15. The summed E-state index contributed by atoms with van der Waals surface area (Å²) in [5.41, 5.74) is 6.59. The van der Waals surface area contributed by atoms with Crippen LogP contribution in [0.5, 0.6) is 23.0 Å². The minimum atomic E-state index is -0.315. The van der Waals surface area contributed by atoms with Gasteiger partial charge >= 0.3 is 0 Å². The molecule has 0 saturated heterocycles. The van der Waals surface area contributed by atoms with Gasteiger partial charge in [-0.15, -0.1) is 0 Å². The number of ether oxygens (including phenoxy) is 4. The van der Waals surface area contributed by atoms with Gasteiger partial charge in [-0.2, -0.15) is 0 Å². The van der Waals surface area contributed by atoms with Crippen LogP contribution in [0, 0.1) is 0 Å². The number of carbonyl (C=O) groups is 1. The highest BCUT2D eigenvalue weighted by Crippen LogP contribution is 2.38. The van der Waals surface area contributed by atoms with E-state index < -0.39 is 0 Å². The topological polar surface area (TPSA) is 90.9 Å². The van der Waals surface area contributed by atoms with Crippen LogP contribution < -0.4 is 29.8 Å². The highest BCUT2D eigenvalue weighted by atomic mass is 32.1. The molecular formula is C18H17N3O5S. The minimum Gasteiger partial charge on any atom is -0.495 e. The van der Waals surface area contributed by atoms with Crippen molar-refractivity contribution in [2.75, 3.05) is 32.9 Å². The zero-order valence-corrected chi connectivity index (χ0v) is 15.5. The molecule has 0 atom stereocenters. The number of amides is 1. The second-order valence-corrected chi connectivity index (χ2v) is 6.60. The lowest BCUT2D eigenvalue weighted by Crippen LogP contribution is -2.29. The monoisotopic (exact) mass is 387 g/mol. The van der Waals surface area contributed by atoms with Crippen molar-refractivity contribution >= 4 is 32.6 Å². The molecule has 9 heteroatoms. The maximum atomic E-state index is 12.4. The maximum Gasteiger partial charge on any atom is 0.269 e. The van der Waals surface area contributed by atoms with Gasteiger partial charge in [-0.1, -0.05) is 11.3 Å². The van der Waals surface area contributed by atoms with E-state index in [1.165, 1.54) is 11.3 Å². The van der Waals surface area contributed by atoms with Crippen LogP contribution in [0.1, 0.15) is 10.4 Å². The Bertz CT molecular complexity index is 963. The van der Waals surface area contributed by atoms with Crippen molar-refractivity contribution in [3.8, 4) is 23.0 Å². The first-order valence-corrected chi connectivity index (χ1v) is 8.99. The van der Waals surface area contributed by atoms with Crippen LogP contribution in [0.3, 0.4) is 0 Å². The van der Waals surface area contributed by atoms with Crippen LogP contribution in [0.2, 0.25) is 0 Å². The Kier molecular flexibility index (Phi) is 4.59. The second kappa shape index (κ2) is 7.20. The maximum absolute atomic E-state index is 12.4. The van der Waals surface area contributed by atoms with E-state index >= 15 is 0 Å². The van der Waals surface area contributed by atoms with Gasteiger partial charge in [0.15, 0.2) is 11.5 Å². The van der Waals surface area contributed by atoms with Crippen LogP contribution in [-0.2, 0) is 0 Å². The summed E-state index contributed by atoms with van der Waals surface area (Å²) in [4.78, 5) is 16.9. The Morgan fingerprint density at radius 2 is 1.81 bits per heavy atom. The molecule has 0 unspecified atom stereocenters. The van der Waals surface area contributed by atoms with Gasteiger partial charge in [0.2, 0.25) is 5.13 Å². The van der Waals surface area contributed by atoms with E-state index in [9.17, 15) is 4.79 Å². The summed E-state index contributed by atoms with van der Waals surface area (Å²) in [6, 6.07) is 8.65. The van der Waals surface area contributed by atoms with Gasteiger partial charge in [-0.05, 0) is 30.3 Å². The third-order valence-corrected chi connectivity index (χ3v) is 4.98. The van der Waals surface area contributed by atoms with E-state index in [1.54, 1.807) is 38.5 Å². The van der Waals surface area contributed by atoms with Crippen molar-refractivity contribution in [2.45, 2.75) is 0 Å². The molecule has 1 aliphatic heterocycles. The first-order valence-electron chi connectivity index (χ1n) is 8.17. The number of nitrogens with one attached hydrogen (secondary N) is 2. The molecule has 0 aliphatic carbocycles. The molecule has 0 spiro atoms. The van der Waals surface area contributed by atoms with E-state index in [2.05, 4.69) is 15.8 Å². The zero-order chi connectivity index (χ0) is 18.8. The van der Waals surface area contributed by atoms with Crippen LogP contribution in [0.25, 0.3) is 10.2 Å². The van der Waals surface area contributed by atoms with Gasteiger partial charge in [-0.25, -0.2) is 4.98 Å². The molecule has 140 valence electrons. The molecule has 4 rings (SSSR count). The smallest absolute Gasteiger partial charge is 0.269 e. The molecule has 1 aliphatic rings. The number of aromatic nitrogens is 1. The third kappa shape index (κ3) is 3.28. The fourth-order valence-electron chi connectivity index (χ4n) is 2.71. The van der Waals surface area contributed by atoms with Crippen molar-refractivity contribution in [1.82, 2.24) is 10.4 Å². The average molecular weight is 387 g/mol. The molecule has 0 radical (unpaired) electrons. The third-order valence-electron chi connectivity index (χ3n) is 4.00. The van der Waals surface area contributed by atoms with E-state index in [4.69, 9.17) is 18.9 Å². The number of hydrazine groups is 1. The van der Waals surface area contributed by atoms with Gasteiger partial charge in [-0.3, -0.25) is 15.6 Å². The van der Waals surface area contributed by atoms with Gasteiger partial charge in [0.05, 0.1) is 14.2 Å². The van der Waals surface area contributed by atoms with Gasteiger partial charge in [0, 0.05) is 5.56 Å². The van der Waals surface area contributed by atoms with Crippen molar-refractivity contribution < 1.29 is 23.7 Å². The molecule has 1 amide bonds. The fraction of sp³-hybridized carbons (Fsp3) is 0.222.